The summed E-state index contributed by atoms with van der Waals surface area (Å²) in [4.78, 5) is 18.0. The van der Waals surface area contributed by atoms with Gasteiger partial charge in [0.25, 0.3) is 5.24 Å². The minimum atomic E-state index is -4.40. The normalized spacial score (nSPS) is 45.9. The highest BCUT2D eigenvalue weighted by Crippen LogP contribution is 2.66. The Hall–Kier alpha value is -0.0949. The monoisotopic (exact) mass is 1110 g/mol. The predicted molar refractivity (Wildman–Crippen MR) is 267 cm³/mol. The third kappa shape index (κ3) is 7.69. The van der Waals surface area contributed by atoms with Crippen molar-refractivity contribution < 1.29 is 59.0 Å². The summed E-state index contributed by atoms with van der Waals surface area (Å²) in [5.74, 6) is 0. The number of benzene rings is 1. The summed E-state index contributed by atoms with van der Waals surface area (Å²) in [6.07, 6.45) is 27.5. The van der Waals surface area contributed by atoms with Crippen LogP contribution in [0.4, 0.5) is 0 Å². The summed E-state index contributed by atoms with van der Waals surface area (Å²) in [6, 6.07) is 8.23. The van der Waals surface area contributed by atoms with Crippen molar-refractivity contribution in [1.82, 2.24) is 0 Å². The second-order valence-electron chi connectivity index (χ2n) is 23.1. The molecule has 69 heavy (non-hydrogen) atoms. The number of nitrogens with zero attached hydrogens (tertiary/aromatic N) is 1. The maximum Gasteiger partial charge on any atom is 0.515 e. The van der Waals surface area contributed by atoms with Crippen molar-refractivity contribution in [1.29, 1.82) is 0 Å². The van der Waals surface area contributed by atoms with Gasteiger partial charge < -0.3 is 54.2 Å². The lowest BCUT2D eigenvalue weighted by molar-refractivity contribution is -0.106. The zero-order valence-corrected chi connectivity index (χ0v) is 48.7. The van der Waals surface area contributed by atoms with E-state index in [-0.39, 0.29) is 50.9 Å². The molecule has 1 aromatic rings. The van der Waals surface area contributed by atoms with E-state index in [0.717, 1.165) is 191 Å². The van der Waals surface area contributed by atoms with Gasteiger partial charge in [-0.2, -0.15) is 0 Å². The van der Waals surface area contributed by atoms with Gasteiger partial charge in [0.05, 0.1) is 0 Å². The average Bonchev–Trinajstić information content (AvgIpc) is 4.18. The van der Waals surface area contributed by atoms with Crippen molar-refractivity contribution in [2.24, 2.45) is 5.16 Å². The van der Waals surface area contributed by atoms with E-state index in [0.29, 0.717) is 0 Å². The summed E-state index contributed by atoms with van der Waals surface area (Å²) in [6.45, 7) is 0. The van der Waals surface area contributed by atoms with Gasteiger partial charge in [-0.1, -0.05) is 119 Å². The molecule has 0 radical (unpaired) electrons. The third-order valence-corrected chi connectivity index (χ3v) is 58.3. The largest absolute Gasteiger partial charge is 0.515 e. The van der Waals surface area contributed by atoms with Crippen LogP contribution in [0.25, 0.3) is 0 Å². The highest BCUT2D eigenvalue weighted by Gasteiger charge is 2.88. The Kier molecular flexibility index (Phi) is 12.2. The maximum absolute atomic E-state index is 12.2. The number of oxime groups is 1. The van der Waals surface area contributed by atoms with E-state index in [1.807, 2.05) is 12.1 Å². The number of carbonyl (C=O) groups is 1. The summed E-state index contributed by atoms with van der Waals surface area (Å²) in [5, 5.41) is 4.22. The van der Waals surface area contributed by atoms with Crippen molar-refractivity contribution >= 4 is 98.2 Å². The Bertz CT molecular complexity index is 1980. The van der Waals surface area contributed by atoms with Gasteiger partial charge in [0, 0.05) is 50.4 Å². The van der Waals surface area contributed by atoms with Crippen molar-refractivity contribution in [2.75, 3.05) is 0 Å². The first-order chi connectivity index (χ1) is 33.6. The van der Waals surface area contributed by atoms with Gasteiger partial charge in [0.2, 0.25) is 0 Å². The first kappa shape index (κ1) is 47.4. The third-order valence-electron chi connectivity index (χ3n) is 18.9. The molecule has 1 unspecified atom stereocenters. The minimum Gasteiger partial charge on any atom is -0.387 e. The van der Waals surface area contributed by atoms with Gasteiger partial charge in [-0.3, -0.25) is 4.79 Å². The topological polar surface area (TPSA) is 149 Å². The molecule has 0 amide bonds. The van der Waals surface area contributed by atoms with Gasteiger partial charge in [0.1, 0.15) is 5.71 Å². The number of rotatable bonds is 10. The molecule has 1 aromatic carbocycles. The SMILES string of the molecule is O=C(Cl)C1=NOC(c2ccc([Si]34O[Si]5(C6CCCC6)O[Si]6(C7CCCC7)O[Si](C7CCCC7)(O3)O[Si]3(C7CCCC7)O[Si](C7CCCC7)(O4)O[Si](C4CCCC4)(O5)O[Si](C4CCCC4)(O6)O3)cc2)C1. The van der Waals surface area contributed by atoms with Crippen LogP contribution < -0.4 is 5.19 Å². The van der Waals surface area contributed by atoms with E-state index in [1.54, 1.807) is 0 Å². The Labute approximate surface area is 420 Å². The molecule has 8 bridgehead atoms. The Morgan fingerprint density at radius 3 is 0.870 bits per heavy atom. The summed E-state index contributed by atoms with van der Waals surface area (Å²) in [5.41, 5.74) is 0.896. The van der Waals surface area contributed by atoms with Crippen LogP contribution in [0.15, 0.2) is 29.4 Å². The van der Waals surface area contributed by atoms with Gasteiger partial charge in [-0.15, -0.1) is 0 Å². The van der Waals surface area contributed by atoms with Gasteiger partial charge in [0.15, 0.2) is 6.10 Å². The van der Waals surface area contributed by atoms with Crippen molar-refractivity contribution in [3.05, 3.63) is 29.8 Å². The van der Waals surface area contributed by atoms with Crippen molar-refractivity contribution in [3.8, 4) is 0 Å². The Balaban J connectivity index is 1.06. The zero-order chi connectivity index (χ0) is 46.2. The van der Waals surface area contributed by atoms with Crippen LogP contribution in [0.2, 0.25) is 38.8 Å². The molecule has 13 fully saturated rings. The molecule has 15 nitrogen and oxygen atoms in total. The molecule has 7 aliphatic heterocycles. The molecule has 7 aliphatic carbocycles. The molecule has 7 heterocycles. The molecule has 7 saturated carbocycles. The fourth-order valence-electron chi connectivity index (χ4n) is 15.3. The lowest BCUT2D eigenvalue weighted by Gasteiger charge is -2.66. The van der Waals surface area contributed by atoms with Crippen LogP contribution in [-0.2, 0) is 59.0 Å². The molecule has 378 valence electrons. The molecule has 0 aromatic heterocycles. The van der Waals surface area contributed by atoms with E-state index in [1.165, 1.54) is 0 Å². The molecule has 0 N–H and O–H groups in total. The van der Waals surface area contributed by atoms with Gasteiger partial charge in [-0.05, 0) is 107 Å². The maximum atomic E-state index is 12.2. The van der Waals surface area contributed by atoms with Crippen LogP contribution in [0.3, 0.4) is 0 Å². The van der Waals surface area contributed by atoms with E-state index < -0.39 is 81.8 Å². The number of hydrogen-bond acceptors (Lipinski definition) is 15. The minimum absolute atomic E-state index is 0.00680. The van der Waals surface area contributed by atoms with Crippen LogP contribution in [-0.4, -0.2) is 81.4 Å². The smallest absolute Gasteiger partial charge is 0.387 e. The number of halogens is 1. The molecule has 0 spiro atoms. The van der Waals surface area contributed by atoms with E-state index >= 15 is 0 Å². The quantitative estimate of drug-likeness (QED) is 0.162. The van der Waals surface area contributed by atoms with Crippen molar-refractivity contribution in [3.63, 3.8) is 0 Å². The molecule has 14 aliphatic rings. The van der Waals surface area contributed by atoms with Crippen LogP contribution >= 0.6 is 11.6 Å². The fraction of sp³-hybridized carbons (Fsp3) is 0.822. The predicted octanol–water partition coefficient (Wildman–Crippen LogP) is 10.9. The second kappa shape index (κ2) is 17.7. The molecule has 6 saturated heterocycles. The first-order valence-electron chi connectivity index (χ1n) is 27.5. The standard InChI is InChI=1S/C45H70ClNO14Si8/c46-45(48)43-33-44(49-47-43)34-29-31-42(32-30-34)69-59-66(39-23-9-10-24-39)53-63(36-17-3-4-18-36)50-62(35-15-1-2-16-35)51-64(55-66,37-19-5-6-20-37)57-68(61-69,41-27-13-14-28-41)58-65(52-62,38-21-7-8-22-38)56-67(54-63,60-69)40-25-11-12-26-40/h29-32,35-41,44H,1-28,33H2. The van der Waals surface area contributed by atoms with E-state index in [2.05, 4.69) is 17.3 Å². The molecular weight excluding hydrogens is 1040 g/mol. The molecule has 1 atom stereocenters. The second-order valence-corrected chi connectivity index (χ2v) is 49.1. The lowest BCUT2D eigenvalue weighted by atomic mass is 10.1. The molecule has 24 heteroatoms. The van der Waals surface area contributed by atoms with Crippen LogP contribution in [0.1, 0.15) is 198 Å². The highest BCUT2D eigenvalue weighted by molar-refractivity contribution is 7.06. The summed E-state index contributed by atoms with van der Waals surface area (Å²) < 4.78 is 102. The summed E-state index contributed by atoms with van der Waals surface area (Å²) in [7, 11) is -32.8. The lowest BCUT2D eigenvalue weighted by Crippen LogP contribution is -2.91. The van der Waals surface area contributed by atoms with Gasteiger partial charge >= 0.3 is 70.4 Å². The average molecular weight is 1110 g/mol. The fourth-order valence-corrected chi connectivity index (χ4v) is 71.0. The first-order valence-corrected chi connectivity index (χ1v) is 42.3. The Morgan fingerprint density at radius 1 is 0.391 bits per heavy atom. The van der Waals surface area contributed by atoms with E-state index in [9.17, 15) is 4.79 Å². The van der Waals surface area contributed by atoms with E-state index in [4.69, 9.17) is 65.8 Å². The van der Waals surface area contributed by atoms with Crippen LogP contribution in [0.5, 0.6) is 0 Å². The van der Waals surface area contributed by atoms with Crippen molar-refractivity contribution in [2.45, 2.75) is 231 Å². The zero-order valence-electron chi connectivity index (χ0n) is 40.0. The van der Waals surface area contributed by atoms with Gasteiger partial charge in [-0.25, -0.2) is 0 Å². The Morgan fingerprint density at radius 2 is 0.638 bits per heavy atom. The van der Waals surface area contributed by atoms with Crippen LogP contribution in [0, 0.1) is 0 Å². The summed E-state index contributed by atoms with van der Waals surface area (Å²) >= 11 is 5.90. The molecular formula is C45H70ClNO14Si8. The number of hydrogen-bond donors (Lipinski definition) is 0. The molecule has 15 rings (SSSR count). The highest BCUT2D eigenvalue weighted by atomic mass is 35.5. The number of carbonyl (C=O) groups excluding carboxylic acids is 1.